The van der Waals surface area contributed by atoms with Gasteiger partial charge >= 0.3 is 5.97 Å². The van der Waals surface area contributed by atoms with Gasteiger partial charge in [-0.25, -0.2) is 22.6 Å². The third-order valence-corrected chi connectivity index (χ3v) is 2.61. The Bertz CT molecular complexity index is 647. The van der Waals surface area contributed by atoms with Gasteiger partial charge in [0, 0.05) is 30.5 Å². The normalized spacial score (nSPS) is 10.8. The number of hydrogen-bond acceptors (Lipinski definition) is 3. The fourth-order valence-corrected chi connectivity index (χ4v) is 1.70. The molecule has 2 N–H and O–H groups in total. The maximum atomic E-state index is 13.1. The molecule has 0 bridgehead atoms. The summed E-state index contributed by atoms with van der Waals surface area (Å²) in [6, 6.07) is 1.39. The topological polar surface area (TPSA) is 75.3 Å². The number of rotatable bonds is 4. The Morgan fingerprint density at radius 1 is 1.25 bits per heavy atom. The van der Waals surface area contributed by atoms with Crippen LogP contribution in [-0.4, -0.2) is 32.6 Å². The molecule has 5 nitrogen and oxygen atoms in total. The SMILES string of the molecule is O=C(O)c1nn(-c2cc(F)c(F)c(F)c2)cc1CCO. The zero-order valence-corrected chi connectivity index (χ0v) is 9.98. The Hall–Kier alpha value is -2.35. The fourth-order valence-electron chi connectivity index (χ4n) is 1.70. The van der Waals surface area contributed by atoms with Crippen molar-refractivity contribution in [1.82, 2.24) is 9.78 Å². The van der Waals surface area contributed by atoms with E-state index in [1.54, 1.807) is 0 Å². The molecule has 0 aliphatic rings. The van der Waals surface area contributed by atoms with Crippen LogP contribution in [0, 0.1) is 17.5 Å². The molecule has 0 aliphatic heterocycles. The molecular weight excluding hydrogens is 277 g/mol. The van der Waals surface area contributed by atoms with Crippen LogP contribution in [0.25, 0.3) is 5.69 Å². The van der Waals surface area contributed by atoms with Crippen molar-refractivity contribution in [2.45, 2.75) is 6.42 Å². The lowest BCUT2D eigenvalue weighted by Gasteiger charge is -2.02. The Morgan fingerprint density at radius 2 is 1.85 bits per heavy atom. The average molecular weight is 286 g/mol. The highest BCUT2D eigenvalue weighted by atomic mass is 19.2. The van der Waals surface area contributed by atoms with E-state index >= 15 is 0 Å². The van der Waals surface area contributed by atoms with Gasteiger partial charge in [0.05, 0.1) is 5.69 Å². The number of aliphatic hydroxyl groups is 1. The van der Waals surface area contributed by atoms with E-state index in [0.29, 0.717) is 12.1 Å². The maximum absolute atomic E-state index is 13.1. The summed E-state index contributed by atoms with van der Waals surface area (Å²) in [5, 5.41) is 21.4. The summed E-state index contributed by atoms with van der Waals surface area (Å²) in [6.45, 7) is -0.307. The van der Waals surface area contributed by atoms with Gasteiger partial charge in [0.25, 0.3) is 0 Å². The van der Waals surface area contributed by atoms with Gasteiger partial charge in [-0.1, -0.05) is 0 Å². The maximum Gasteiger partial charge on any atom is 0.356 e. The Morgan fingerprint density at radius 3 is 2.35 bits per heavy atom. The first kappa shape index (κ1) is 14.1. The predicted octanol–water partition coefficient (Wildman–Crippen LogP) is 1.52. The Balaban J connectivity index is 2.53. The van der Waals surface area contributed by atoms with E-state index in [9.17, 15) is 18.0 Å². The molecule has 0 spiro atoms. The van der Waals surface area contributed by atoms with Crippen molar-refractivity contribution in [2.24, 2.45) is 0 Å². The third kappa shape index (κ3) is 2.50. The molecule has 0 atom stereocenters. The lowest BCUT2D eigenvalue weighted by Crippen LogP contribution is -2.04. The predicted molar refractivity (Wildman–Crippen MR) is 61.2 cm³/mol. The highest BCUT2D eigenvalue weighted by molar-refractivity contribution is 5.87. The number of nitrogens with zero attached hydrogens (tertiary/aromatic N) is 2. The van der Waals surface area contributed by atoms with Crippen LogP contribution in [0.2, 0.25) is 0 Å². The molecule has 0 aliphatic carbocycles. The molecule has 8 heteroatoms. The fraction of sp³-hybridized carbons (Fsp3) is 0.167. The first-order valence-corrected chi connectivity index (χ1v) is 5.51. The van der Waals surface area contributed by atoms with Crippen molar-refractivity contribution >= 4 is 5.97 Å². The smallest absolute Gasteiger partial charge is 0.356 e. The monoisotopic (exact) mass is 286 g/mol. The van der Waals surface area contributed by atoms with Crippen molar-refractivity contribution < 1.29 is 28.2 Å². The summed E-state index contributed by atoms with van der Waals surface area (Å²) in [6.07, 6.45) is 1.24. The van der Waals surface area contributed by atoms with E-state index < -0.39 is 23.4 Å². The molecule has 1 heterocycles. The van der Waals surface area contributed by atoms with Crippen molar-refractivity contribution in [3.05, 3.63) is 47.0 Å². The van der Waals surface area contributed by atoms with E-state index in [-0.39, 0.29) is 30.0 Å². The van der Waals surface area contributed by atoms with Crippen LogP contribution >= 0.6 is 0 Å². The van der Waals surface area contributed by atoms with Crippen LogP contribution in [0.1, 0.15) is 16.1 Å². The number of aliphatic hydroxyl groups excluding tert-OH is 1. The second-order valence-electron chi connectivity index (χ2n) is 3.95. The van der Waals surface area contributed by atoms with Gasteiger partial charge in [-0.05, 0) is 6.42 Å². The molecule has 20 heavy (non-hydrogen) atoms. The Labute approximate surface area is 110 Å². The molecule has 0 fully saturated rings. The molecule has 0 saturated carbocycles. The zero-order chi connectivity index (χ0) is 14.9. The van der Waals surface area contributed by atoms with Crippen molar-refractivity contribution in [3.8, 4) is 5.69 Å². The minimum Gasteiger partial charge on any atom is -0.476 e. The third-order valence-electron chi connectivity index (χ3n) is 2.61. The van der Waals surface area contributed by atoms with Crippen molar-refractivity contribution in [3.63, 3.8) is 0 Å². The number of carbonyl (C=O) groups is 1. The summed E-state index contributed by atoms with van der Waals surface area (Å²) in [5.74, 6) is -5.77. The number of aromatic nitrogens is 2. The summed E-state index contributed by atoms with van der Waals surface area (Å²) < 4.78 is 40.0. The van der Waals surface area contributed by atoms with Gasteiger partial charge in [-0.2, -0.15) is 5.10 Å². The number of carboxylic acids is 1. The molecule has 0 unspecified atom stereocenters. The number of aromatic carboxylic acids is 1. The lowest BCUT2D eigenvalue weighted by molar-refractivity contribution is 0.0688. The van der Waals surface area contributed by atoms with Crippen LogP contribution in [0.5, 0.6) is 0 Å². The second-order valence-corrected chi connectivity index (χ2v) is 3.95. The molecule has 2 aromatic rings. The minimum absolute atomic E-state index is 0.0216. The molecule has 0 amide bonds. The second kappa shape index (κ2) is 5.33. The number of benzene rings is 1. The molecule has 106 valence electrons. The largest absolute Gasteiger partial charge is 0.476 e. The van der Waals surface area contributed by atoms with Gasteiger partial charge in [0.15, 0.2) is 23.1 Å². The van der Waals surface area contributed by atoms with Crippen LogP contribution in [0.15, 0.2) is 18.3 Å². The number of halogens is 3. The molecule has 1 aromatic carbocycles. The van der Waals surface area contributed by atoms with Gasteiger partial charge in [-0.3, -0.25) is 0 Å². The van der Waals surface area contributed by atoms with Gasteiger partial charge in [0.2, 0.25) is 0 Å². The van der Waals surface area contributed by atoms with Crippen LogP contribution in [0.4, 0.5) is 13.2 Å². The van der Waals surface area contributed by atoms with Gasteiger partial charge in [0.1, 0.15) is 0 Å². The van der Waals surface area contributed by atoms with E-state index in [1.807, 2.05) is 0 Å². The minimum atomic E-state index is -1.62. The molecule has 1 aromatic heterocycles. The summed E-state index contributed by atoms with van der Waals surface area (Å²) in [4.78, 5) is 11.0. The number of carboxylic acid groups (broad SMARTS) is 1. The highest BCUT2D eigenvalue weighted by Gasteiger charge is 2.18. The Kier molecular flexibility index (Phi) is 3.75. The molecule has 0 saturated heterocycles. The first-order valence-electron chi connectivity index (χ1n) is 5.51. The highest BCUT2D eigenvalue weighted by Crippen LogP contribution is 2.18. The van der Waals surface area contributed by atoms with Gasteiger partial charge in [-0.15, -0.1) is 0 Å². The standard InChI is InChI=1S/C12H9F3N2O3/c13-8-3-7(4-9(14)10(8)15)17-5-6(1-2-18)11(16-17)12(19)20/h3-5,18H,1-2H2,(H,19,20). The first-order chi connectivity index (χ1) is 9.43. The van der Waals surface area contributed by atoms with E-state index in [2.05, 4.69) is 5.10 Å². The lowest BCUT2D eigenvalue weighted by atomic mass is 10.2. The molecule has 0 radical (unpaired) electrons. The quantitative estimate of drug-likeness (QED) is 0.836. The van der Waals surface area contributed by atoms with E-state index in [0.717, 1.165) is 4.68 Å². The summed E-state index contributed by atoms with van der Waals surface area (Å²) in [7, 11) is 0. The average Bonchev–Trinajstić information content (AvgIpc) is 2.80. The van der Waals surface area contributed by atoms with Crippen LogP contribution in [-0.2, 0) is 6.42 Å². The van der Waals surface area contributed by atoms with Crippen LogP contribution in [0.3, 0.4) is 0 Å². The molecular formula is C12H9F3N2O3. The van der Waals surface area contributed by atoms with Crippen molar-refractivity contribution in [2.75, 3.05) is 6.61 Å². The van der Waals surface area contributed by atoms with E-state index in [1.165, 1.54) is 6.20 Å². The summed E-state index contributed by atoms with van der Waals surface area (Å²) in [5.41, 5.74) is -0.303. The zero-order valence-electron chi connectivity index (χ0n) is 9.98. The van der Waals surface area contributed by atoms with E-state index in [4.69, 9.17) is 10.2 Å². The van der Waals surface area contributed by atoms with Crippen molar-refractivity contribution in [1.29, 1.82) is 0 Å². The molecule has 2 rings (SSSR count). The summed E-state index contributed by atoms with van der Waals surface area (Å²) >= 11 is 0. The van der Waals surface area contributed by atoms with Crippen LogP contribution < -0.4 is 0 Å². The van der Waals surface area contributed by atoms with Gasteiger partial charge < -0.3 is 10.2 Å². The number of hydrogen-bond donors (Lipinski definition) is 2.